The van der Waals surface area contributed by atoms with E-state index in [9.17, 15) is 4.79 Å². The van der Waals surface area contributed by atoms with E-state index in [1.165, 1.54) is 4.70 Å². The first-order chi connectivity index (χ1) is 10.1. The Bertz CT molecular complexity index is 797. The molecule has 1 amide bonds. The van der Waals surface area contributed by atoms with Crippen molar-refractivity contribution in [2.75, 3.05) is 5.32 Å². The van der Waals surface area contributed by atoms with Gasteiger partial charge in [-0.2, -0.15) is 0 Å². The molecule has 2 heterocycles. The summed E-state index contributed by atoms with van der Waals surface area (Å²) < 4.78 is 1.17. The summed E-state index contributed by atoms with van der Waals surface area (Å²) >= 11 is 1.68. The predicted molar refractivity (Wildman–Crippen MR) is 86.6 cm³/mol. The molecule has 0 bridgehead atoms. The molecule has 3 aromatic rings. The molecule has 0 fully saturated rings. The molecule has 1 unspecified atom stereocenters. The number of amides is 1. The summed E-state index contributed by atoms with van der Waals surface area (Å²) in [6.07, 6.45) is 1.88. The van der Waals surface area contributed by atoms with E-state index in [4.69, 9.17) is 5.73 Å². The van der Waals surface area contributed by atoms with E-state index >= 15 is 0 Å². The third-order valence-electron chi connectivity index (χ3n) is 3.35. The minimum Gasteiger partial charge on any atom is -0.378 e. The summed E-state index contributed by atoms with van der Waals surface area (Å²) in [7, 11) is 0. The van der Waals surface area contributed by atoms with Gasteiger partial charge in [0, 0.05) is 17.4 Å². The molecule has 0 saturated carbocycles. The second kappa shape index (κ2) is 5.54. The number of hydrogen-bond donors (Lipinski definition) is 2. The number of thiophene rings is 1. The maximum Gasteiger partial charge on any atom is 0.248 e. The van der Waals surface area contributed by atoms with Crippen LogP contribution in [0.15, 0.2) is 48.0 Å². The van der Waals surface area contributed by atoms with Gasteiger partial charge in [0.05, 0.1) is 16.3 Å². The molecule has 0 saturated heterocycles. The van der Waals surface area contributed by atoms with Crippen LogP contribution in [-0.2, 0) is 0 Å². The highest BCUT2D eigenvalue weighted by atomic mass is 32.1. The number of fused-ring (bicyclic) bond motifs is 1. The number of nitrogens with zero attached hydrogens (tertiary/aromatic N) is 1. The van der Waals surface area contributed by atoms with E-state index in [2.05, 4.69) is 23.3 Å². The van der Waals surface area contributed by atoms with Crippen molar-refractivity contribution in [1.82, 2.24) is 4.98 Å². The summed E-state index contributed by atoms with van der Waals surface area (Å²) in [4.78, 5) is 15.7. The van der Waals surface area contributed by atoms with Crippen LogP contribution < -0.4 is 11.1 Å². The van der Waals surface area contributed by atoms with Gasteiger partial charge in [0.2, 0.25) is 5.91 Å². The third-order valence-corrected chi connectivity index (χ3v) is 4.21. The molecule has 0 spiro atoms. The van der Waals surface area contributed by atoms with Crippen LogP contribution in [-0.4, -0.2) is 10.9 Å². The number of nitrogens with one attached hydrogen (secondary N) is 1. The van der Waals surface area contributed by atoms with E-state index in [0.29, 0.717) is 5.56 Å². The number of primary amides is 1. The molecular formula is C16H15N3OS. The summed E-state index contributed by atoms with van der Waals surface area (Å²) in [6.45, 7) is 2.06. The quantitative estimate of drug-likeness (QED) is 0.773. The summed E-state index contributed by atoms with van der Waals surface area (Å²) in [5.74, 6) is -0.423. The second-order valence-corrected chi connectivity index (χ2v) is 5.83. The average molecular weight is 297 g/mol. The molecular weight excluding hydrogens is 282 g/mol. The Morgan fingerprint density at radius 3 is 3.00 bits per heavy atom. The van der Waals surface area contributed by atoms with Crippen molar-refractivity contribution < 1.29 is 4.79 Å². The molecule has 0 aliphatic heterocycles. The van der Waals surface area contributed by atoms with Crippen LogP contribution in [0.3, 0.4) is 0 Å². The number of anilines is 1. The van der Waals surface area contributed by atoms with Gasteiger partial charge in [0.15, 0.2) is 0 Å². The van der Waals surface area contributed by atoms with E-state index in [1.54, 1.807) is 23.5 Å². The summed E-state index contributed by atoms with van der Waals surface area (Å²) in [5, 5.41) is 5.40. The molecule has 0 aliphatic carbocycles. The van der Waals surface area contributed by atoms with Gasteiger partial charge in [-0.15, -0.1) is 11.3 Å². The zero-order chi connectivity index (χ0) is 14.8. The van der Waals surface area contributed by atoms with Crippen molar-refractivity contribution in [2.45, 2.75) is 13.0 Å². The van der Waals surface area contributed by atoms with Crippen molar-refractivity contribution in [3.63, 3.8) is 0 Å². The lowest BCUT2D eigenvalue weighted by Gasteiger charge is -2.16. The zero-order valence-electron chi connectivity index (χ0n) is 11.5. The van der Waals surface area contributed by atoms with Crippen LogP contribution in [0, 0.1) is 0 Å². The molecule has 0 radical (unpaired) electrons. The van der Waals surface area contributed by atoms with Crippen molar-refractivity contribution >= 4 is 33.1 Å². The minimum atomic E-state index is -0.423. The van der Waals surface area contributed by atoms with E-state index in [-0.39, 0.29) is 6.04 Å². The van der Waals surface area contributed by atoms with Gasteiger partial charge in [0.25, 0.3) is 0 Å². The fraction of sp³-hybridized carbons (Fsp3) is 0.125. The van der Waals surface area contributed by atoms with Gasteiger partial charge in [-0.05, 0) is 48.2 Å². The lowest BCUT2D eigenvalue weighted by atomic mass is 10.1. The van der Waals surface area contributed by atoms with Gasteiger partial charge in [0.1, 0.15) is 0 Å². The molecule has 21 heavy (non-hydrogen) atoms. The first-order valence-electron chi connectivity index (χ1n) is 6.63. The Balaban J connectivity index is 1.83. The number of carbonyl (C=O) groups is 1. The summed E-state index contributed by atoms with van der Waals surface area (Å²) in [5.41, 5.74) is 8.79. The van der Waals surface area contributed by atoms with Crippen LogP contribution in [0.2, 0.25) is 0 Å². The van der Waals surface area contributed by atoms with E-state index in [1.807, 2.05) is 29.8 Å². The highest BCUT2D eigenvalue weighted by molar-refractivity contribution is 7.17. The van der Waals surface area contributed by atoms with Crippen molar-refractivity contribution in [3.8, 4) is 0 Å². The maximum atomic E-state index is 11.2. The lowest BCUT2D eigenvalue weighted by molar-refractivity contribution is 0.100. The smallest absolute Gasteiger partial charge is 0.248 e. The predicted octanol–water partition coefficient (Wildman–Crippen LogP) is 3.57. The Morgan fingerprint density at radius 1 is 1.33 bits per heavy atom. The fourth-order valence-corrected chi connectivity index (χ4v) is 2.98. The van der Waals surface area contributed by atoms with Gasteiger partial charge in [-0.1, -0.05) is 6.07 Å². The Labute approximate surface area is 126 Å². The van der Waals surface area contributed by atoms with Crippen molar-refractivity contribution in [3.05, 3.63) is 59.1 Å². The Hall–Kier alpha value is -2.40. The SMILES string of the molecule is CC(Nc1cccc(C(N)=O)c1)c1cnc2ccsc2c1. The van der Waals surface area contributed by atoms with Crippen LogP contribution >= 0.6 is 11.3 Å². The normalized spacial score (nSPS) is 12.2. The summed E-state index contributed by atoms with van der Waals surface area (Å²) in [6, 6.07) is 11.4. The second-order valence-electron chi connectivity index (χ2n) is 4.88. The molecule has 0 aliphatic rings. The van der Waals surface area contributed by atoms with Crippen LogP contribution in [0.1, 0.15) is 28.9 Å². The first-order valence-corrected chi connectivity index (χ1v) is 7.51. The monoisotopic (exact) mass is 297 g/mol. The lowest BCUT2D eigenvalue weighted by Crippen LogP contribution is -2.12. The van der Waals surface area contributed by atoms with E-state index < -0.39 is 5.91 Å². The number of benzene rings is 1. The minimum absolute atomic E-state index is 0.0899. The zero-order valence-corrected chi connectivity index (χ0v) is 12.4. The standard InChI is InChI=1S/C16H15N3OS/c1-10(12-8-15-14(18-9-12)5-6-21-15)19-13-4-2-3-11(7-13)16(17)20/h2-10,19H,1H3,(H2,17,20). The van der Waals surface area contributed by atoms with Gasteiger partial charge >= 0.3 is 0 Å². The molecule has 2 aromatic heterocycles. The number of pyridine rings is 1. The number of hydrogen-bond acceptors (Lipinski definition) is 4. The number of aromatic nitrogens is 1. The molecule has 1 atom stereocenters. The molecule has 106 valence electrons. The van der Waals surface area contributed by atoms with Crippen LogP contribution in [0.25, 0.3) is 10.2 Å². The number of carbonyl (C=O) groups excluding carboxylic acids is 1. The largest absolute Gasteiger partial charge is 0.378 e. The Morgan fingerprint density at radius 2 is 2.19 bits per heavy atom. The van der Waals surface area contributed by atoms with Crippen LogP contribution in [0.5, 0.6) is 0 Å². The first kappa shape index (κ1) is 13.6. The van der Waals surface area contributed by atoms with Crippen LogP contribution in [0.4, 0.5) is 5.69 Å². The molecule has 3 rings (SSSR count). The topological polar surface area (TPSA) is 68.0 Å². The molecule has 4 nitrogen and oxygen atoms in total. The van der Waals surface area contributed by atoms with Gasteiger partial charge in [-0.3, -0.25) is 9.78 Å². The third kappa shape index (κ3) is 2.87. The highest BCUT2D eigenvalue weighted by Gasteiger charge is 2.09. The highest BCUT2D eigenvalue weighted by Crippen LogP contribution is 2.25. The number of rotatable bonds is 4. The maximum absolute atomic E-state index is 11.2. The number of nitrogens with two attached hydrogens (primary N) is 1. The molecule has 1 aromatic carbocycles. The average Bonchev–Trinajstić information content (AvgIpc) is 2.94. The van der Waals surface area contributed by atoms with Crippen molar-refractivity contribution in [2.24, 2.45) is 5.73 Å². The van der Waals surface area contributed by atoms with Gasteiger partial charge in [-0.25, -0.2) is 0 Å². The molecule has 5 heteroatoms. The van der Waals surface area contributed by atoms with Crippen molar-refractivity contribution in [1.29, 1.82) is 0 Å². The molecule has 3 N–H and O–H groups in total. The fourth-order valence-electron chi connectivity index (χ4n) is 2.19. The van der Waals surface area contributed by atoms with Gasteiger partial charge < -0.3 is 11.1 Å². The van der Waals surface area contributed by atoms with E-state index in [0.717, 1.165) is 16.8 Å². The Kier molecular flexibility index (Phi) is 3.58.